The summed E-state index contributed by atoms with van der Waals surface area (Å²) in [5, 5.41) is 6.35. The molecule has 11 rings (SSSR count). The van der Waals surface area contributed by atoms with Gasteiger partial charge in [-0.25, -0.2) is 4.98 Å². The fraction of sp³-hybridized carbons (Fsp3) is 0. The molecule has 0 amide bonds. The van der Waals surface area contributed by atoms with E-state index in [-0.39, 0.29) is 29.7 Å². The van der Waals surface area contributed by atoms with Crippen LogP contribution in [0.5, 0.6) is 0 Å². The summed E-state index contributed by atoms with van der Waals surface area (Å²) in [6.45, 7) is 0. The molecule has 0 spiro atoms. The van der Waals surface area contributed by atoms with E-state index >= 15 is 0 Å². The van der Waals surface area contributed by atoms with Crippen molar-refractivity contribution in [1.82, 2.24) is 9.55 Å². The van der Waals surface area contributed by atoms with Crippen molar-refractivity contribution in [3.05, 3.63) is 194 Å². The number of aromatic nitrogens is 2. The molecule has 3 heteroatoms. The van der Waals surface area contributed by atoms with Crippen LogP contribution in [0.4, 0.5) is 0 Å². The van der Waals surface area contributed by atoms with Gasteiger partial charge in [-0.1, -0.05) is 158 Å². The summed E-state index contributed by atoms with van der Waals surface area (Å²) in [5.74, 6) is 0.837. The first-order valence-electron chi connectivity index (χ1n) is 20.5. The first-order chi connectivity index (χ1) is 28.9. The summed E-state index contributed by atoms with van der Waals surface area (Å²) in [7, 11) is 0. The number of hydrogen-bond acceptors (Lipinski definition) is 2. The van der Waals surface area contributed by atoms with E-state index in [1.165, 1.54) is 20.2 Å². The van der Waals surface area contributed by atoms with Crippen LogP contribution in [0.2, 0.25) is 0 Å². The van der Waals surface area contributed by atoms with Crippen LogP contribution in [-0.2, 0) is 0 Å². The van der Waals surface area contributed by atoms with E-state index in [1.807, 2.05) is 42.5 Å². The second-order valence-corrected chi connectivity index (χ2v) is 14.6. The van der Waals surface area contributed by atoms with Crippen LogP contribution in [0.3, 0.4) is 0 Å². The maximum atomic E-state index is 8.97. The molecule has 2 nitrogen and oxygen atoms in total. The SMILES string of the molecule is [2H]c1c([2H])c([2H])c(-c2ccc3c(-c4ccccc4-n4c(-c5ccccc5)nc5ccccc54)c4ccccc4c(-c4cccc5sc6ccccc6c45)c3c2)c([2H])c1[2H]. The highest BCUT2D eigenvalue weighted by molar-refractivity contribution is 7.25. The molecule has 11 aromatic rings. The van der Waals surface area contributed by atoms with E-state index in [0.717, 1.165) is 71.9 Å². The largest absolute Gasteiger partial charge is 0.292 e. The third kappa shape index (κ3) is 4.76. The fourth-order valence-corrected chi connectivity index (χ4v) is 9.35. The summed E-state index contributed by atoms with van der Waals surface area (Å²) in [6, 6.07) is 55.0. The minimum Gasteiger partial charge on any atom is -0.292 e. The highest BCUT2D eigenvalue weighted by atomic mass is 32.1. The Labute approximate surface area is 323 Å². The van der Waals surface area contributed by atoms with E-state index in [0.29, 0.717) is 5.56 Å². The standard InChI is InChI=1S/C51H32N2S/c1-3-16-33(17-4-1)35-30-31-38-42(32-35)49(41-24-15-29-47-50(41)40-23-10-14-28-46(40)54-47)37-21-8-7-20-36(37)48(38)39-22-9-12-26-44(39)53-45-27-13-11-25-43(45)52-51(53)34-18-5-2-6-19-34/h1-32H/i1D,3D,4D,16D,17D. The van der Waals surface area contributed by atoms with Gasteiger partial charge in [-0.3, -0.25) is 4.57 Å². The van der Waals surface area contributed by atoms with Crippen molar-refractivity contribution in [3.63, 3.8) is 0 Å². The lowest BCUT2D eigenvalue weighted by atomic mass is 9.83. The van der Waals surface area contributed by atoms with Crippen molar-refractivity contribution in [3.8, 4) is 50.5 Å². The van der Waals surface area contributed by atoms with Crippen LogP contribution in [0.15, 0.2) is 194 Å². The number of hydrogen-bond donors (Lipinski definition) is 0. The molecule has 0 bridgehead atoms. The maximum absolute atomic E-state index is 8.97. The van der Waals surface area contributed by atoms with E-state index in [1.54, 1.807) is 11.3 Å². The van der Waals surface area contributed by atoms with E-state index in [4.69, 9.17) is 11.8 Å². The number of nitrogens with zero attached hydrogens (tertiary/aromatic N) is 2. The Kier molecular flexibility index (Phi) is 5.98. The van der Waals surface area contributed by atoms with Crippen molar-refractivity contribution >= 4 is 64.1 Å². The molecule has 2 heterocycles. The maximum Gasteiger partial charge on any atom is 0.145 e. The third-order valence-corrected chi connectivity index (χ3v) is 11.6. The van der Waals surface area contributed by atoms with Gasteiger partial charge in [0.1, 0.15) is 5.82 Å². The van der Waals surface area contributed by atoms with Gasteiger partial charge in [-0.2, -0.15) is 0 Å². The Morgan fingerprint density at radius 1 is 0.463 bits per heavy atom. The molecule has 0 unspecified atom stereocenters. The van der Waals surface area contributed by atoms with Gasteiger partial charge in [0.15, 0.2) is 0 Å². The van der Waals surface area contributed by atoms with Crippen molar-refractivity contribution < 1.29 is 6.85 Å². The molecule has 0 aliphatic rings. The van der Waals surface area contributed by atoms with Crippen LogP contribution < -0.4 is 0 Å². The highest BCUT2D eigenvalue weighted by Crippen LogP contribution is 2.49. The zero-order chi connectivity index (χ0) is 39.9. The highest BCUT2D eigenvalue weighted by Gasteiger charge is 2.23. The summed E-state index contributed by atoms with van der Waals surface area (Å²) in [4.78, 5) is 5.19. The van der Waals surface area contributed by atoms with Crippen LogP contribution >= 0.6 is 11.3 Å². The lowest BCUT2D eigenvalue weighted by molar-refractivity contribution is 1.10. The summed E-state index contributed by atoms with van der Waals surface area (Å²) in [6.07, 6.45) is 0. The number of fused-ring (bicyclic) bond motifs is 6. The molecule has 0 radical (unpaired) electrons. The molecule has 9 aromatic carbocycles. The van der Waals surface area contributed by atoms with Gasteiger partial charge in [0.05, 0.1) is 23.6 Å². The van der Waals surface area contributed by atoms with Crippen molar-refractivity contribution in [2.45, 2.75) is 0 Å². The topological polar surface area (TPSA) is 17.8 Å². The molecule has 2 aromatic heterocycles. The Bertz CT molecular complexity index is 3490. The summed E-state index contributed by atoms with van der Waals surface area (Å²) in [5.41, 5.74) is 8.73. The van der Waals surface area contributed by atoms with Crippen molar-refractivity contribution in [1.29, 1.82) is 0 Å². The number of para-hydroxylation sites is 3. The van der Waals surface area contributed by atoms with Crippen LogP contribution in [-0.4, -0.2) is 9.55 Å². The van der Waals surface area contributed by atoms with Crippen molar-refractivity contribution in [2.24, 2.45) is 0 Å². The number of imidazole rings is 1. The number of benzene rings is 9. The van der Waals surface area contributed by atoms with Gasteiger partial charge < -0.3 is 0 Å². The minimum atomic E-state index is -0.409. The Balaban J connectivity index is 1.30. The second kappa shape index (κ2) is 12.4. The molecule has 0 N–H and O–H groups in total. The Morgan fingerprint density at radius 3 is 1.96 bits per heavy atom. The smallest absolute Gasteiger partial charge is 0.145 e. The average Bonchev–Trinajstić information content (AvgIpc) is 3.86. The molecular weight excluding hydrogens is 673 g/mol. The third-order valence-electron chi connectivity index (χ3n) is 10.5. The van der Waals surface area contributed by atoms with Gasteiger partial charge >= 0.3 is 0 Å². The molecule has 252 valence electrons. The lowest BCUT2D eigenvalue weighted by Crippen LogP contribution is -2.01. The quantitative estimate of drug-likeness (QED) is 0.163. The van der Waals surface area contributed by atoms with E-state index < -0.39 is 6.04 Å². The Hall–Kier alpha value is -6.81. The molecule has 0 aliphatic carbocycles. The zero-order valence-corrected chi connectivity index (χ0v) is 29.7. The Morgan fingerprint density at radius 2 is 1.11 bits per heavy atom. The van der Waals surface area contributed by atoms with Gasteiger partial charge in [0, 0.05) is 31.3 Å². The minimum absolute atomic E-state index is 0.176. The monoisotopic (exact) mass is 709 g/mol. The molecular formula is C51H32N2S. The number of thiophene rings is 1. The molecule has 0 atom stereocenters. The van der Waals surface area contributed by atoms with E-state index in [2.05, 4.69) is 126 Å². The molecule has 0 saturated heterocycles. The molecule has 54 heavy (non-hydrogen) atoms. The van der Waals surface area contributed by atoms with Gasteiger partial charge in [-0.05, 0) is 85.8 Å². The van der Waals surface area contributed by atoms with Gasteiger partial charge in [-0.15, -0.1) is 11.3 Å². The normalized spacial score (nSPS) is 13.0. The molecule has 0 saturated carbocycles. The first-order valence-corrected chi connectivity index (χ1v) is 18.8. The average molecular weight is 710 g/mol. The van der Waals surface area contributed by atoms with Crippen LogP contribution in [0, 0.1) is 0 Å². The molecule has 0 fully saturated rings. The van der Waals surface area contributed by atoms with Crippen LogP contribution in [0.25, 0.3) is 103 Å². The van der Waals surface area contributed by atoms with Gasteiger partial charge in [0.25, 0.3) is 0 Å². The van der Waals surface area contributed by atoms with E-state index in [9.17, 15) is 0 Å². The van der Waals surface area contributed by atoms with Crippen LogP contribution in [0.1, 0.15) is 6.85 Å². The second-order valence-electron chi connectivity index (χ2n) is 13.5. The van der Waals surface area contributed by atoms with Crippen molar-refractivity contribution in [2.75, 3.05) is 0 Å². The summed E-state index contributed by atoms with van der Waals surface area (Å²) < 4.78 is 48.0. The summed E-state index contributed by atoms with van der Waals surface area (Å²) >= 11 is 1.77. The predicted octanol–water partition coefficient (Wildman–Crippen LogP) is 14.4. The fourth-order valence-electron chi connectivity index (χ4n) is 8.22. The number of rotatable bonds is 5. The first kappa shape index (κ1) is 26.0. The van der Waals surface area contributed by atoms with Gasteiger partial charge in [0.2, 0.25) is 0 Å². The molecule has 0 aliphatic heterocycles. The predicted molar refractivity (Wildman–Crippen MR) is 231 cm³/mol. The zero-order valence-electron chi connectivity index (χ0n) is 33.9. The lowest BCUT2D eigenvalue weighted by Gasteiger charge is -2.22.